The molecular weight excluding hydrogens is 362 g/mol. The van der Waals surface area contributed by atoms with E-state index < -0.39 is 0 Å². The molecule has 0 radical (unpaired) electrons. The SMILES string of the molecule is CC(=O)Oc1ccccc1C[n+]1c(C)sc2ccccc21.[Br-]. The molecule has 0 amide bonds. The number of nitrogens with zero attached hydrogens (tertiary/aromatic N) is 1. The van der Waals surface area contributed by atoms with Gasteiger partial charge in [0.15, 0.2) is 6.54 Å². The number of benzene rings is 2. The van der Waals surface area contributed by atoms with Gasteiger partial charge >= 0.3 is 5.97 Å². The van der Waals surface area contributed by atoms with Crippen LogP contribution in [0.3, 0.4) is 0 Å². The molecule has 114 valence electrons. The number of aromatic nitrogens is 1. The summed E-state index contributed by atoms with van der Waals surface area (Å²) in [5.74, 6) is 0.339. The van der Waals surface area contributed by atoms with Crippen LogP contribution >= 0.6 is 11.3 Å². The second-order valence-corrected chi connectivity index (χ2v) is 6.11. The van der Waals surface area contributed by atoms with Crippen molar-refractivity contribution in [1.29, 1.82) is 0 Å². The third kappa shape index (κ3) is 3.36. The fraction of sp³-hybridized carbons (Fsp3) is 0.176. The van der Waals surface area contributed by atoms with E-state index >= 15 is 0 Å². The highest BCUT2D eigenvalue weighted by molar-refractivity contribution is 7.18. The van der Waals surface area contributed by atoms with Gasteiger partial charge in [0, 0.05) is 19.9 Å². The summed E-state index contributed by atoms with van der Waals surface area (Å²) in [5.41, 5.74) is 2.21. The lowest BCUT2D eigenvalue weighted by Gasteiger charge is -2.06. The van der Waals surface area contributed by atoms with Crippen molar-refractivity contribution in [3.05, 3.63) is 59.1 Å². The molecule has 0 spiro atoms. The Kier molecular flexibility index (Phi) is 5.32. The molecule has 0 saturated carbocycles. The van der Waals surface area contributed by atoms with Gasteiger partial charge in [-0.15, -0.1) is 0 Å². The summed E-state index contributed by atoms with van der Waals surface area (Å²) in [5, 5.41) is 1.23. The molecule has 0 fully saturated rings. The number of ether oxygens (including phenoxy) is 1. The zero-order valence-corrected chi connectivity index (χ0v) is 14.8. The molecule has 5 heteroatoms. The average molecular weight is 378 g/mol. The largest absolute Gasteiger partial charge is 1.00 e. The van der Waals surface area contributed by atoms with Gasteiger partial charge in [-0.1, -0.05) is 35.6 Å². The standard InChI is InChI=1S/C17H16NO2S.BrH/c1-12-18(15-8-4-6-10-17(15)21-12)11-14-7-3-5-9-16(14)20-13(2)19;/h3-10H,11H2,1-2H3;1H/q+1;/p-1. The normalized spacial score (nSPS) is 10.3. The van der Waals surface area contributed by atoms with Gasteiger partial charge in [0.1, 0.15) is 10.4 Å². The Morgan fingerprint density at radius 1 is 1.14 bits per heavy atom. The number of fused-ring (bicyclic) bond motifs is 1. The summed E-state index contributed by atoms with van der Waals surface area (Å²) in [6, 6.07) is 16.0. The van der Waals surface area contributed by atoms with Crippen molar-refractivity contribution in [3.63, 3.8) is 0 Å². The number of hydrogen-bond donors (Lipinski definition) is 0. The Labute approximate surface area is 143 Å². The minimum absolute atomic E-state index is 0. The first kappa shape index (κ1) is 16.6. The maximum Gasteiger partial charge on any atom is 0.308 e. The molecule has 0 aliphatic rings. The Morgan fingerprint density at radius 2 is 1.82 bits per heavy atom. The van der Waals surface area contributed by atoms with Crippen molar-refractivity contribution in [2.24, 2.45) is 0 Å². The molecule has 0 bridgehead atoms. The van der Waals surface area contributed by atoms with Gasteiger partial charge in [-0.05, 0) is 18.2 Å². The number of rotatable bonds is 3. The number of para-hydroxylation sites is 2. The number of aryl methyl sites for hydroxylation is 1. The van der Waals surface area contributed by atoms with Crippen LogP contribution in [0.1, 0.15) is 17.5 Å². The van der Waals surface area contributed by atoms with E-state index in [1.54, 1.807) is 11.3 Å². The first-order valence-corrected chi connectivity index (χ1v) is 7.61. The molecule has 0 aliphatic carbocycles. The highest BCUT2D eigenvalue weighted by atomic mass is 79.9. The maximum atomic E-state index is 11.2. The second kappa shape index (κ2) is 7.03. The minimum atomic E-state index is -0.292. The third-order valence-electron chi connectivity index (χ3n) is 3.35. The van der Waals surface area contributed by atoms with Crippen LogP contribution in [0.2, 0.25) is 0 Å². The van der Waals surface area contributed by atoms with Crippen LogP contribution in [0.15, 0.2) is 48.5 Å². The molecule has 22 heavy (non-hydrogen) atoms. The molecule has 0 saturated heterocycles. The van der Waals surface area contributed by atoms with Crippen molar-refractivity contribution in [3.8, 4) is 5.75 Å². The monoisotopic (exact) mass is 377 g/mol. The lowest BCUT2D eigenvalue weighted by Crippen LogP contribution is -3.00. The Balaban J connectivity index is 0.00000176. The van der Waals surface area contributed by atoms with Gasteiger partial charge < -0.3 is 21.7 Å². The fourth-order valence-electron chi connectivity index (χ4n) is 2.41. The van der Waals surface area contributed by atoms with E-state index in [2.05, 4.69) is 29.7 Å². The number of thiazole rings is 1. The lowest BCUT2D eigenvalue weighted by atomic mass is 10.2. The zero-order chi connectivity index (χ0) is 14.8. The highest BCUT2D eigenvalue weighted by Gasteiger charge is 2.19. The first-order valence-electron chi connectivity index (χ1n) is 6.79. The van der Waals surface area contributed by atoms with Gasteiger partial charge in [0.05, 0.1) is 5.56 Å². The van der Waals surface area contributed by atoms with Gasteiger partial charge in [-0.2, -0.15) is 4.57 Å². The van der Waals surface area contributed by atoms with Crippen LogP contribution in [0.4, 0.5) is 0 Å². The molecule has 0 atom stereocenters. The third-order valence-corrected chi connectivity index (χ3v) is 4.43. The van der Waals surface area contributed by atoms with E-state index in [1.165, 1.54) is 22.1 Å². The van der Waals surface area contributed by atoms with E-state index in [1.807, 2.05) is 30.3 Å². The van der Waals surface area contributed by atoms with Gasteiger partial charge in [0.25, 0.3) is 0 Å². The van der Waals surface area contributed by atoms with E-state index in [9.17, 15) is 4.79 Å². The fourth-order valence-corrected chi connectivity index (χ4v) is 3.43. The van der Waals surface area contributed by atoms with Gasteiger partial charge in [-0.3, -0.25) is 4.79 Å². The smallest absolute Gasteiger partial charge is 0.308 e. The summed E-state index contributed by atoms with van der Waals surface area (Å²) in [4.78, 5) is 11.2. The molecule has 0 aliphatic heterocycles. The molecule has 1 heterocycles. The molecule has 2 aromatic carbocycles. The lowest BCUT2D eigenvalue weighted by molar-refractivity contribution is -0.664. The highest BCUT2D eigenvalue weighted by Crippen LogP contribution is 2.22. The first-order chi connectivity index (χ1) is 10.1. The van der Waals surface area contributed by atoms with Crippen molar-refractivity contribution in [2.75, 3.05) is 0 Å². The van der Waals surface area contributed by atoms with Gasteiger partial charge in [0.2, 0.25) is 10.5 Å². The number of carbonyl (C=O) groups excluding carboxylic acids is 1. The molecule has 0 N–H and O–H groups in total. The van der Waals surface area contributed by atoms with Crippen LogP contribution in [0.25, 0.3) is 10.2 Å². The summed E-state index contributed by atoms with van der Waals surface area (Å²) >= 11 is 1.77. The Morgan fingerprint density at radius 3 is 2.59 bits per heavy atom. The molecule has 0 unspecified atom stereocenters. The summed E-state index contributed by atoms with van der Waals surface area (Å²) in [6.07, 6.45) is 0. The molecular formula is C17H16BrNO2S. The van der Waals surface area contributed by atoms with Crippen molar-refractivity contribution >= 4 is 27.5 Å². The average Bonchev–Trinajstić information content (AvgIpc) is 2.77. The number of hydrogen-bond acceptors (Lipinski definition) is 3. The molecule has 1 aromatic heterocycles. The van der Waals surface area contributed by atoms with Crippen LogP contribution in [-0.2, 0) is 11.3 Å². The van der Waals surface area contributed by atoms with E-state index in [0.717, 1.165) is 5.56 Å². The van der Waals surface area contributed by atoms with Crippen LogP contribution in [0.5, 0.6) is 5.75 Å². The summed E-state index contributed by atoms with van der Waals surface area (Å²) in [7, 11) is 0. The van der Waals surface area contributed by atoms with E-state index in [0.29, 0.717) is 12.3 Å². The number of halogens is 1. The zero-order valence-electron chi connectivity index (χ0n) is 12.4. The van der Waals surface area contributed by atoms with E-state index in [-0.39, 0.29) is 23.0 Å². The maximum absolute atomic E-state index is 11.2. The van der Waals surface area contributed by atoms with Crippen LogP contribution in [-0.4, -0.2) is 5.97 Å². The van der Waals surface area contributed by atoms with E-state index in [4.69, 9.17) is 4.74 Å². The van der Waals surface area contributed by atoms with Crippen LogP contribution < -0.4 is 26.3 Å². The number of carbonyl (C=O) groups is 1. The predicted molar refractivity (Wildman–Crippen MR) is 83.6 cm³/mol. The molecule has 3 rings (SSSR count). The predicted octanol–water partition coefficient (Wildman–Crippen LogP) is 0.475. The Hall–Kier alpha value is -1.72. The topological polar surface area (TPSA) is 30.2 Å². The minimum Gasteiger partial charge on any atom is -1.00 e. The molecule has 3 nitrogen and oxygen atoms in total. The summed E-state index contributed by atoms with van der Waals surface area (Å²) in [6.45, 7) is 4.23. The van der Waals surface area contributed by atoms with Gasteiger partial charge in [-0.25, -0.2) is 0 Å². The number of esters is 1. The molecule has 3 aromatic rings. The van der Waals surface area contributed by atoms with Crippen molar-refractivity contribution in [2.45, 2.75) is 20.4 Å². The Bertz CT molecular complexity index is 813. The van der Waals surface area contributed by atoms with Crippen molar-refractivity contribution in [1.82, 2.24) is 0 Å². The second-order valence-electron chi connectivity index (χ2n) is 4.88. The summed E-state index contributed by atoms with van der Waals surface area (Å²) < 4.78 is 8.81. The van der Waals surface area contributed by atoms with Crippen molar-refractivity contribution < 1.29 is 31.1 Å². The van der Waals surface area contributed by atoms with Crippen LogP contribution in [0, 0.1) is 6.92 Å². The quantitative estimate of drug-likeness (QED) is 0.377.